The minimum Gasteiger partial charge on any atom is -0.477 e. The molecule has 0 aliphatic carbocycles. The summed E-state index contributed by atoms with van der Waals surface area (Å²) in [6, 6.07) is 4.06. The number of carbonyl (C=O) groups is 3. The minimum absolute atomic E-state index is 0.0481. The highest BCUT2D eigenvalue weighted by Gasteiger charge is 2.53. The SMILES string of the molecule is CC1=C(C(=O)O)N2C(=O)C(NC(=O)C(N)c3cccc(NS(C)(=O)=O)c3)[C@@H]2SC1. The number of carboxylic acids is 1. The number of nitrogens with zero attached hydrogens (tertiary/aromatic N) is 1. The maximum Gasteiger partial charge on any atom is 0.352 e. The van der Waals surface area contributed by atoms with Crippen LogP contribution >= 0.6 is 11.8 Å². The number of hydrogen-bond donors (Lipinski definition) is 4. The summed E-state index contributed by atoms with van der Waals surface area (Å²) >= 11 is 1.36. The van der Waals surface area contributed by atoms with E-state index in [0.717, 1.165) is 6.26 Å². The monoisotopic (exact) mass is 440 g/mol. The van der Waals surface area contributed by atoms with Crippen LogP contribution in [-0.4, -0.2) is 59.6 Å². The molecule has 5 N–H and O–H groups in total. The highest BCUT2D eigenvalue weighted by atomic mass is 32.2. The van der Waals surface area contributed by atoms with Crippen molar-refractivity contribution in [2.24, 2.45) is 5.73 Å². The standard InChI is InChI=1S/C17H20N4O6S2/c1-8-7-28-16-12(15(23)21(16)13(8)17(24)25)19-14(22)11(18)9-4-3-5-10(6-9)20-29(2,26)27/h3-6,11-12,16,20H,7,18H2,1-2H3,(H,19,22)(H,24,25)/t11?,12?,16-/m0/s1. The van der Waals surface area contributed by atoms with E-state index in [1.165, 1.54) is 28.8 Å². The maximum absolute atomic E-state index is 12.6. The van der Waals surface area contributed by atoms with Crippen molar-refractivity contribution in [1.29, 1.82) is 0 Å². The molecule has 10 nitrogen and oxygen atoms in total. The van der Waals surface area contributed by atoms with Crippen LogP contribution in [0.1, 0.15) is 18.5 Å². The van der Waals surface area contributed by atoms with Gasteiger partial charge in [0.1, 0.15) is 23.2 Å². The Bertz CT molecular complexity index is 1020. The quantitative estimate of drug-likeness (QED) is 0.443. The van der Waals surface area contributed by atoms with Gasteiger partial charge in [0.25, 0.3) is 5.91 Å². The molecule has 12 heteroatoms. The first kappa shape index (κ1) is 21.1. The molecule has 0 bridgehead atoms. The van der Waals surface area contributed by atoms with Crippen LogP contribution in [0.5, 0.6) is 0 Å². The molecule has 0 spiro atoms. The molecule has 1 aromatic carbocycles. The highest BCUT2D eigenvalue weighted by Crippen LogP contribution is 2.40. The van der Waals surface area contributed by atoms with Gasteiger partial charge in [-0.05, 0) is 30.2 Å². The van der Waals surface area contributed by atoms with Crippen LogP contribution < -0.4 is 15.8 Å². The lowest BCUT2D eigenvalue weighted by molar-refractivity contribution is -0.150. The molecule has 1 aromatic rings. The molecule has 2 amide bonds. The van der Waals surface area contributed by atoms with Gasteiger partial charge in [-0.25, -0.2) is 13.2 Å². The van der Waals surface area contributed by atoms with E-state index < -0.39 is 45.3 Å². The number of sulfonamides is 1. The Morgan fingerprint density at radius 3 is 2.69 bits per heavy atom. The topological polar surface area (TPSA) is 159 Å². The molecule has 3 atom stereocenters. The summed E-state index contributed by atoms with van der Waals surface area (Å²) in [5, 5.41) is 11.4. The molecule has 156 valence electrons. The minimum atomic E-state index is -3.49. The summed E-state index contributed by atoms with van der Waals surface area (Å²) in [6.07, 6.45) is 1.00. The Morgan fingerprint density at radius 1 is 1.38 bits per heavy atom. The van der Waals surface area contributed by atoms with E-state index in [0.29, 0.717) is 16.9 Å². The van der Waals surface area contributed by atoms with Crippen molar-refractivity contribution in [2.45, 2.75) is 24.4 Å². The predicted molar refractivity (Wildman–Crippen MR) is 107 cm³/mol. The third-order valence-electron chi connectivity index (χ3n) is 4.49. The summed E-state index contributed by atoms with van der Waals surface area (Å²) < 4.78 is 25.0. The molecule has 2 aliphatic rings. The number of benzene rings is 1. The Labute approximate surface area is 171 Å². The van der Waals surface area contributed by atoms with Crippen LogP contribution in [0.2, 0.25) is 0 Å². The average Bonchev–Trinajstić information content (AvgIpc) is 2.63. The molecule has 29 heavy (non-hydrogen) atoms. The van der Waals surface area contributed by atoms with Crippen molar-refractivity contribution >= 4 is 45.3 Å². The smallest absolute Gasteiger partial charge is 0.352 e. The molecule has 3 rings (SSSR count). The van der Waals surface area contributed by atoms with E-state index in [1.807, 2.05) is 0 Å². The van der Waals surface area contributed by atoms with E-state index in [4.69, 9.17) is 5.73 Å². The molecule has 1 fully saturated rings. The third kappa shape index (κ3) is 4.23. The van der Waals surface area contributed by atoms with Gasteiger partial charge in [-0.1, -0.05) is 12.1 Å². The molecule has 2 aliphatic heterocycles. The zero-order chi connectivity index (χ0) is 21.5. The Balaban J connectivity index is 1.71. The Morgan fingerprint density at radius 2 is 2.07 bits per heavy atom. The number of β-lactam (4-membered cyclic amide) rings is 1. The largest absolute Gasteiger partial charge is 0.477 e. The van der Waals surface area contributed by atoms with Crippen molar-refractivity contribution in [3.05, 3.63) is 41.1 Å². The molecule has 0 aromatic heterocycles. The van der Waals surface area contributed by atoms with E-state index in [1.54, 1.807) is 19.1 Å². The fourth-order valence-electron chi connectivity index (χ4n) is 3.18. The van der Waals surface area contributed by atoms with Crippen molar-refractivity contribution in [1.82, 2.24) is 10.2 Å². The van der Waals surface area contributed by atoms with Gasteiger partial charge in [-0.15, -0.1) is 11.8 Å². The van der Waals surface area contributed by atoms with Gasteiger partial charge < -0.3 is 16.2 Å². The number of amides is 2. The lowest BCUT2D eigenvalue weighted by Gasteiger charge is -2.49. The van der Waals surface area contributed by atoms with E-state index in [2.05, 4.69) is 10.0 Å². The number of hydrogen-bond acceptors (Lipinski definition) is 7. The molecule has 1 saturated heterocycles. The second kappa shape index (κ2) is 7.69. The van der Waals surface area contributed by atoms with Crippen LogP contribution in [-0.2, 0) is 24.4 Å². The third-order valence-corrected chi connectivity index (χ3v) is 6.52. The lowest BCUT2D eigenvalue weighted by Crippen LogP contribution is -2.71. The van der Waals surface area contributed by atoms with Crippen LogP contribution in [0.4, 0.5) is 5.69 Å². The zero-order valence-electron chi connectivity index (χ0n) is 15.6. The summed E-state index contributed by atoms with van der Waals surface area (Å²) in [5.41, 5.74) is 7.14. The number of nitrogens with one attached hydrogen (secondary N) is 2. The summed E-state index contributed by atoms with van der Waals surface area (Å²) in [4.78, 5) is 37.6. The van der Waals surface area contributed by atoms with Gasteiger partial charge in [-0.3, -0.25) is 19.2 Å². The fraction of sp³-hybridized carbons (Fsp3) is 0.353. The predicted octanol–water partition coefficient (Wildman–Crippen LogP) is -0.184. The van der Waals surface area contributed by atoms with Gasteiger partial charge in [-0.2, -0.15) is 0 Å². The second-order valence-electron chi connectivity index (χ2n) is 6.81. The molecule has 2 unspecified atom stereocenters. The zero-order valence-corrected chi connectivity index (χ0v) is 17.2. The molecular weight excluding hydrogens is 420 g/mol. The van der Waals surface area contributed by atoms with E-state index >= 15 is 0 Å². The van der Waals surface area contributed by atoms with Crippen molar-refractivity contribution in [3.8, 4) is 0 Å². The van der Waals surface area contributed by atoms with Gasteiger partial charge in [0.2, 0.25) is 15.9 Å². The first-order valence-electron chi connectivity index (χ1n) is 8.51. The normalized spacial score (nSPS) is 22.4. The number of thioether (sulfide) groups is 1. The van der Waals surface area contributed by atoms with Crippen LogP contribution in [0.3, 0.4) is 0 Å². The van der Waals surface area contributed by atoms with Gasteiger partial charge in [0.05, 0.1) is 6.26 Å². The van der Waals surface area contributed by atoms with E-state index in [9.17, 15) is 27.9 Å². The first-order chi connectivity index (χ1) is 13.5. The maximum atomic E-state index is 12.6. The Kier molecular flexibility index (Phi) is 5.61. The van der Waals surface area contributed by atoms with Crippen molar-refractivity contribution < 1.29 is 27.9 Å². The lowest BCUT2D eigenvalue weighted by atomic mass is 10.0. The average molecular weight is 441 g/mol. The molecular formula is C17H20N4O6S2. The molecule has 0 saturated carbocycles. The Hall–Kier alpha value is -2.57. The molecule has 0 radical (unpaired) electrons. The highest BCUT2D eigenvalue weighted by molar-refractivity contribution is 8.00. The van der Waals surface area contributed by atoms with Gasteiger partial charge in [0.15, 0.2) is 0 Å². The van der Waals surface area contributed by atoms with Gasteiger partial charge >= 0.3 is 5.97 Å². The van der Waals surface area contributed by atoms with Crippen molar-refractivity contribution in [3.63, 3.8) is 0 Å². The van der Waals surface area contributed by atoms with Crippen LogP contribution in [0, 0.1) is 0 Å². The number of aliphatic carboxylic acids is 1. The number of nitrogens with two attached hydrogens (primary N) is 1. The molecule has 2 heterocycles. The van der Waals surface area contributed by atoms with Crippen LogP contribution in [0.25, 0.3) is 0 Å². The summed E-state index contributed by atoms with van der Waals surface area (Å²) in [5.74, 6) is -1.87. The van der Waals surface area contributed by atoms with Gasteiger partial charge in [0, 0.05) is 11.4 Å². The number of carboxylic acid groups (broad SMARTS) is 1. The fourth-order valence-corrected chi connectivity index (χ4v) is 5.03. The number of carbonyl (C=O) groups excluding carboxylic acids is 2. The number of fused-ring (bicyclic) bond motifs is 1. The summed E-state index contributed by atoms with van der Waals surface area (Å²) in [6.45, 7) is 1.65. The van der Waals surface area contributed by atoms with E-state index in [-0.39, 0.29) is 11.4 Å². The number of rotatable bonds is 6. The first-order valence-corrected chi connectivity index (χ1v) is 11.4. The van der Waals surface area contributed by atoms with Crippen LogP contribution in [0.15, 0.2) is 35.5 Å². The number of anilines is 1. The summed E-state index contributed by atoms with van der Waals surface area (Å²) in [7, 11) is -3.49. The second-order valence-corrected chi connectivity index (χ2v) is 9.66. The van der Waals surface area contributed by atoms with Crippen molar-refractivity contribution in [2.75, 3.05) is 16.7 Å².